The van der Waals surface area contributed by atoms with Crippen molar-refractivity contribution in [3.8, 4) is 0 Å². The zero-order valence-electron chi connectivity index (χ0n) is 16.7. The molecule has 0 aliphatic rings. The molecule has 0 spiro atoms. The van der Waals surface area contributed by atoms with E-state index in [2.05, 4.69) is 0 Å². The summed E-state index contributed by atoms with van der Waals surface area (Å²) in [7, 11) is 0. The van der Waals surface area contributed by atoms with Crippen molar-refractivity contribution < 1.29 is 119 Å². The van der Waals surface area contributed by atoms with Gasteiger partial charge in [0.15, 0.2) is 0 Å². The molecule has 0 unspecified atom stereocenters. The van der Waals surface area contributed by atoms with Crippen LogP contribution in [0.3, 0.4) is 0 Å². The number of alkyl halides is 27. The van der Waals surface area contributed by atoms with Gasteiger partial charge in [-0.2, -0.15) is 0 Å². The Hall–Kier alpha value is -1.33. The molecule has 0 bridgehead atoms. The van der Waals surface area contributed by atoms with Gasteiger partial charge in [-0.1, -0.05) is 0 Å². The van der Waals surface area contributed by atoms with Crippen LogP contribution in [0.15, 0.2) is 0 Å². The molecule has 0 saturated heterocycles. The van der Waals surface area contributed by atoms with E-state index in [0.29, 0.717) is 0 Å². The van der Waals surface area contributed by atoms with Crippen molar-refractivity contribution in [1.29, 1.82) is 0 Å². The zero-order valence-corrected chi connectivity index (χ0v) is 18.5. The molecule has 0 heterocycles. The van der Waals surface area contributed by atoms with E-state index in [1.165, 1.54) is 0 Å². The standard InChI is InChI=1S/C12AsF27/c14-1(15,4(20,21)10(32,33)34)7(26,27)13(8(28,29)2(16,17)5(22,23)11(35,36)37)9(30,31)3(18,19)6(24,25)12(38,39)40. The second-order valence-corrected chi connectivity index (χ2v) is 11.8. The van der Waals surface area contributed by atoms with E-state index >= 15 is 0 Å². The van der Waals surface area contributed by atoms with Crippen LogP contribution in [0.4, 0.5) is 119 Å². The fraction of sp³-hybridized carbons (Fsp3) is 1.00. The number of halogens is 27. The predicted molar refractivity (Wildman–Crippen MR) is 68.4 cm³/mol. The van der Waals surface area contributed by atoms with Gasteiger partial charge in [0.1, 0.15) is 0 Å². The van der Waals surface area contributed by atoms with Gasteiger partial charge in [0, 0.05) is 0 Å². The Balaban J connectivity index is 8.21. The van der Waals surface area contributed by atoms with E-state index in [-0.39, 0.29) is 0 Å². The second kappa shape index (κ2) is 9.33. The molecule has 28 heteroatoms. The summed E-state index contributed by atoms with van der Waals surface area (Å²) in [4.78, 5) is 0. The zero-order chi connectivity index (χ0) is 33.6. The van der Waals surface area contributed by atoms with Gasteiger partial charge >= 0.3 is 201 Å². The predicted octanol–water partition coefficient (Wildman–Crippen LogP) is 8.50. The van der Waals surface area contributed by atoms with E-state index in [0.717, 1.165) is 0 Å². The van der Waals surface area contributed by atoms with Gasteiger partial charge in [-0.15, -0.1) is 0 Å². The summed E-state index contributed by atoms with van der Waals surface area (Å²) in [5.41, 5.74) is 0. The van der Waals surface area contributed by atoms with Gasteiger partial charge in [-0.3, -0.25) is 0 Å². The minimum atomic E-state index is -11.0. The van der Waals surface area contributed by atoms with Crippen molar-refractivity contribution in [3.05, 3.63) is 0 Å². The topological polar surface area (TPSA) is 0 Å². The Kier molecular flexibility index (Phi) is 9.02. The monoisotopic (exact) mass is 732 g/mol. The second-order valence-electron chi connectivity index (χ2n) is 6.90. The third kappa shape index (κ3) is 4.89. The molecule has 0 N–H and O–H groups in total. The molecule has 242 valence electrons. The molecular formula is C12AsF27. The van der Waals surface area contributed by atoms with Crippen LogP contribution in [0, 0.1) is 0 Å². The molecule has 0 aromatic carbocycles. The van der Waals surface area contributed by atoms with E-state index in [4.69, 9.17) is 0 Å². The number of hydrogen-bond donors (Lipinski definition) is 0. The molecule has 40 heavy (non-hydrogen) atoms. The molecule has 0 radical (unpaired) electrons. The third-order valence-corrected chi connectivity index (χ3v) is 9.53. The number of rotatable bonds is 9. The van der Waals surface area contributed by atoms with E-state index in [1.807, 2.05) is 0 Å². The summed E-state index contributed by atoms with van der Waals surface area (Å²) in [5.74, 6) is -54.8. The minimum absolute atomic E-state index is 8.39. The quantitative estimate of drug-likeness (QED) is 0.165. The molecule has 0 amide bonds. The molecule has 0 saturated carbocycles. The van der Waals surface area contributed by atoms with Crippen molar-refractivity contribution >= 4 is 14.7 Å². The van der Waals surface area contributed by atoms with Crippen LogP contribution in [-0.4, -0.2) is 82.8 Å². The normalized spacial score (nSPS) is 17.1. The van der Waals surface area contributed by atoms with E-state index < -0.39 is 82.8 Å². The van der Waals surface area contributed by atoms with Crippen LogP contribution in [0.25, 0.3) is 0 Å². The van der Waals surface area contributed by atoms with Gasteiger partial charge < -0.3 is 0 Å². The van der Waals surface area contributed by atoms with Crippen molar-refractivity contribution in [2.45, 2.75) is 68.2 Å². The molecular weight excluding hydrogens is 732 g/mol. The van der Waals surface area contributed by atoms with Gasteiger partial charge in [0.2, 0.25) is 0 Å². The summed E-state index contributed by atoms with van der Waals surface area (Å²) in [5, 5.41) is 0. The fourth-order valence-corrected chi connectivity index (χ4v) is 6.92. The first-order valence-corrected chi connectivity index (χ1v) is 10.8. The fourth-order valence-electron chi connectivity index (χ4n) is 2.05. The van der Waals surface area contributed by atoms with Gasteiger partial charge in [-0.25, -0.2) is 0 Å². The summed E-state index contributed by atoms with van der Waals surface area (Å²) < 4.78 is 323. The first-order chi connectivity index (χ1) is 16.6. The first kappa shape index (κ1) is 38.7. The Morgan fingerprint density at radius 2 is 0.325 bits per heavy atom. The van der Waals surface area contributed by atoms with Crippen LogP contribution in [0.2, 0.25) is 0 Å². The molecule has 0 aromatic heterocycles. The van der Waals surface area contributed by atoms with Crippen LogP contribution < -0.4 is 0 Å². The van der Waals surface area contributed by atoms with Crippen LogP contribution in [0.5, 0.6) is 0 Å². The summed E-state index contributed by atoms with van der Waals surface area (Å²) in [6, 6.07) is 0. The van der Waals surface area contributed by atoms with Crippen LogP contribution in [0.1, 0.15) is 0 Å². The van der Waals surface area contributed by atoms with Gasteiger partial charge in [-0.05, 0) is 0 Å². The maximum atomic E-state index is 14.0. The third-order valence-electron chi connectivity index (χ3n) is 4.23. The summed E-state index contributed by atoms with van der Waals surface area (Å²) in [6.07, 6.45) is -25.2. The molecule has 0 rings (SSSR count). The van der Waals surface area contributed by atoms with Crippen molar-refractivity contribution in [2.75, 3.05) is 0 Å². The molecule has 0 aliphatic carbocycles. The Bertz CT molecular complexity index is 792. The van der Waals surface area contributed by atoms with Crippen molar-refractivity contribution in [2.24, 2.45) is 0 Å². The maximum absolute atomic E-state index is 14.0. The Labute approximate surface area is 202 Å². The Morgan fingerprint density at radius 1 is 0.200 bits per heavy atom. The van der Waals surface area contributed by atoms with Crippen LogP contribution >= 0.6 is 0 Å². The van der Waals surface area contributed by atoms with Crippen LogP contribution in [-0.2, 0) is 0 Å². The Morgan fingerprint density at radius 3 is 0.425 bits per heavy atom. The van der Waals surface area contributed by atoms with Crippen molar-refractivity contribution in [3.63, 3.8) is 0 Å². The van der Waals surface area contributed by atoms with Crippen molar-refractivity contribution in [1.82, 2.24) is 0 Å². The summed E-state index contributed by atoms with van der Waals surface area (Å²) >= 11 is -11.0. The molecule has 0 fully saturated rings. The first-order valence-electron chi connectivity index (χ1n) is 8.02. The van der Waals surface area contributed by atoms with E-state index in [9.17, 15) is 119 Å². The average molecular weight is 732 g/mol. The molecule has 0 aromatic rings. The molecule has 0 aliphatic heterocycles. The van der Waals surface area contributed by atoms with Gasteiger partial charge in [0.25, 0.3) is 0 Å². The molecule has 0 nitrogen and oxygen atoms in total. The average Bonchev–Trinajstić information content (AvgIpc) is 2.63. The van der Waals surface area contributed by atoms with E-state index in [1.54, 1.807) is 0 Å². The summed E-state index contributed by atoms with van der Waals surface area (Å²) in [6.45, 7) is 0. The number of hydrogen-bond acceptors (Lipinski definition) is 0. The van der Waals surface area contributed by atoms with Gasteiger partial charge in [0.05, 0.1) is 0 Å². The molecule has 0 atom stereocenters. The SMILES string of the molecule is FC(F)(F)C(F)(F)C(F)(F)C(F)(F)[As](C(F)(F)C(F)(F)C(F)(F)C(F)(F)F)C(F)(F)C(F)(F)C(F)(F)C(F)(F)F.